The summed E-state index contributed by atoms with van der Waals surface area (Å²) in [5.74, 6) is -0.358. The first-order valence-electron chi connectivity index (χ1n) is 5.34. The predicted octanol–water partition coefficient (Wildman–Crippen LogP) is 1.98. The van der Waals surface area contributed by atoms with Gasteiger partial charge in [0.1, 0.15) is 11.5 Å². The number of aromatic amines is 1. The van der Waals surface area contributed by atoms with Gasteiger partial charge < -0.3 is 10.3 Å². The highest BCUT2D eigenvalue weighted by Gasteiger charge is 2.20. The van der Waals surface area contributed by atoms with Crippen molar-refractivity contribution < 1.29 is 9.18 Å². The average molecular weight is 218 g/mol. The molecule has 2 aromatic rings. The monoisotopic (exact) mass is 218 g/mol. The summed E-state index contributed by atoms with van der Waals surface area (Å²) in [5.41, 5.74) is 2.34. The number of fused-ring (bicyclic) bond motifs is 3. The summed E-state index contributed by atoms with van der Waals surface area (Å²) in [6.45, 7) is 0.679. The van der Waals surface area contributed by atoms with E-state index in [4.69, 9.17) is 0 Å². The molecule has 0 spiro atoms. The Morgan fingerprint density at radius 3 is 3.06 bits per heavy atom. The molecule has 1 amide bonds. The summed E-state index contributed by atoms with van der Waals surface area (Å²) in [4.78, 5) is 14.8. The van der Waals surface area contributed by atoms with Crippen LogP contribution in [0.5, 0.6) is 0 Å². The molecule has 0 saturated carbocycles. The van der Waals surface area contributed by atoms with E-state index in [0.717, 1.165) is 29.3 Å². The Hall–Kier alpha value is -1.84. The van der Waals surface area contributed by atoms with Crippen LogP contribution in [-0.4, -0.2) is 17.4 Å². The van der Waals surface area contributed by atoms with Crippen LogP contribution in [0.1, 0.15) is 22.5 Å². The third kappa shape index (κ3) is 1.30. The lowest BCUT2D eigenvalue weighted by Gasteiger charge is -1.96. The number of hydrogen-bond acceptors (Lipinski definition) is 1. The van der Waals surface area contributed by atoms with Crippen LogP contribution < -0.4 is 5.32 Å². The molecular formula is C12H11FN2O. The molecule has 1 aliphatic heterocycles. The topological polar surface area (TPSA) is 44.9 Å². The fraction of sp³-hybridized carbons (Fsp3) is 0.250. The Morgan fingerprint density at radius 1 is 1.31 bits per heavy atom. The zero-order valence-corrected chi connectivity index (χ0v) is 8.64. The van der Waals surface area contributed by atoms with Gasteiger partial charge in [-0.3, -0.25) is 4.79 Å². The van der Waals surface area contributed by atoms with Gasteiger partial charge in [0.15, 0.2) is 0 Å². The Morgan fingerprint density at radius 2 is 2.19 bits per heavy atom. The zero-order chi connectivity index (χ0) is 11.1. The Bertz CT molecular complexity index is 574. The number of carbonyl (C=O) groups is 1. The minimum absolute atomic E-state index is 0.0934. The number of benzene rings is 1. The van der Waals surface area contributed by atoms with Crippen LogP contribution in [0, 0.1) is 5.82 Å². The SMILES string of the molecule is O=C1NCCCc2c1[nH]c1ccc(F)cc21. The second kappa shape index (κ2) is 3.33. The highest BCUT2D eigenvalue weighted by Crippen LogP contribution is 2.25. The number of H-pyrrole nitrogens is 1. The maximum Gasteiger partial charge on any atom is 0.268 e. The first-order valence-corrected chi connectivity index (χ1v) is 5.34. The number of amides is 1. The smallest absolute Gasteiger partial charge is 0.268 e. The van der Waals surface area contributed by atoms with Gasteiger partial charge >= 0.3 is 0 Å². The number of aromatic nitrogens is 1. The van der Waals surface area contributed by atoms with Gasteiger partial charge in [-0.25, -0.2) is 4.39 Å². The lowest BCUT2D eigenvalue weighted by molar-refractivity contribution is 0.0952. The molecule has 0 fully saturated rings. The van der Waals surface area contributed by atoms with Gasteiger partial charge in [0.2, 0.25) is 0 Å². The van der Waals surface area contributed by atoms with Crippen molar-refractivity contribution in [1.29, 1.82) is 0 Å². The summed E-state index contributed by atoms with van der Waals surface area (Å²) < 4.78 is 13.2. The van der Waals surface area contributed by atoms with Gasteiger partial charge in [0.25, 0.3) is 5.91 Å². The third-order valence-corrected chi connectivity index (χ3v) is 2.98. The largest absolute Gasteiger partial charge is 0.351 e. The minimum atomic E-state index is -0.265. The predicted molar refractivity (Wildman–Crippen MR) is 58.9 cm³/mol. The lowest BCUT2D eigenvalue weighted by atomic mass is 10.1. The van der Waals surface area contributed by atoms with E-state index in [-0.39, 0.29) is 11.7 Å². The number of carbonyl (C=O) groups excluding carboxylic acids is 1. The number of rotatable bonds is 0. The quantitative estimate of drug-likeness (QED) is 0.697. The molecule has 3 rings (SSSR count). The molecule has 0 aliphatic carbocycles. The van der Waals surface area contributed by atoms with Crippen LogP contribution in [0.15, 0.2) is 18.2 Å². The number of hydrogen-bond donors (Lipinski definition) is 2. The van der Waals surface area contributed by atoms with Crippen LogP contribution in [0.4, 0.5) is 4.39 Å². The first kappa shape index (κ1) is 9.39. The molecule has 3 nitrogen and oxygen atoms in total. The van der Waals surface area contributed by atoms with Gasteiger partial charge in [0.05, 0.1) is 0 Å². The summed E-state index contributed by atoms with van der Waals surface area (Å²) in [7, 11) is 0. The molecule has 0 atom stereocenters. The van der Waals surface area contributed by atoms with Crippen molar-refractivity contribution in [2.75, 3.05) is 6.54 Å². The molecule has 1 aromatic carbocycles. The number of nitrogens with one attached hydrogen (secondary N) is 2. The summed E-state index contributed by atoms with van der Waals surface area (Å²) in [6.07, 6.45) is 1.69. The lowest BCUT2D eigenvalue weighted by Crippen LogP contribution is -2.22. The maximum absolute atomic E-state index is 13.2. The van der Waals surface area contributed by atoms with Crippen LogP contribution in [0.3, 0.4) is 0 Å². The standard InChI is InChI=1S/C12H11FN2O/c13-7-3-4-10-9(6-7)8-2-1-5-14-12(16)11(8)15-10/h3-4,6,15H,1-2,5H2,(H,14,16). The van der Waals surface area contributed by atoms with Crippen LogP contribution in [0.2, 0.25) is 0 Å². The van der Waals surface area contributed by atoms with Gasteiger partial charge in [-0.2, -0.15) is 0 Å². The molecule has 1 aromatic heterocycles. The van der Waals surface area contributed by atoms with Crippen LogP contribution in [-0.2, 0) is 6.42 Å². The second-order valence-corrected chi connectivity index (χ2v) is 4.03. The second-order valence-electron chi connectivity index (χ2n) is 4.03. The summed E-state index contributed by atoms with van der Waals surface area (Å²) >= 11 is 0. The first-order chi connectivity index (χ1) is 7.75. The fourth-order valence-corrected chi connectivity index (χ4v) is 2.23. The van der Waals surface area contributed by atoms with Crippen molar-refractivity contribution in [1.82, 2.24) is 10.3 Å². The maximum atomic E-state index is 13.2. The Balaban J connectivity index is 2.30. The van der Waals surface area contributed by atoms with Gasteiger partial charge in [0, 0.05) is 17.4 Å². The Labute approximate surface area is 91.7 Å². The van der Waals surface area contributed by atoms with E-state index in [1.165, 1.54) is 12.1 Å². The molecule has 2 heterocycles. The molecule has 82 valence electrons. The average Bonchev–Trinajstić information content (AvgIpc) is 2.52. The zero-order valence-electron chi connectivity index (χ0n) is 8.64. The van der Waals surface area contributed by atoms with Crippen molar-refractivity contribution in [2.45, 2.75) is 12.8 Å². The normalized spacial score (nSPS) is 15.7. The van der Waals surface area contributed by atoms with E-state index in [1.807, 2.05) is 0 Å². The van der Waals surface area contributed by atoms with Gasteiger partial charge in [-0.05, 0) is 36.6 Å². The van der Waals surface area contributed by atoms with Crippen molar-refractivity contribution in [2.24, 2.45) is 0 Å². The van der Waals surface area contributed by atoms with Crippen molar-refractivity contribution >= 4 is 16.8 Å². The fourth-order valence-electron chi connectivity index (χ4n) is 2.23. The third-order valence-electron chi connectivity index (χ3n) is 2.98. The van der Waals surface area contributed by atoms with Crippen LogP contribution in [0.25, 0.3) is 10.9 Å². The van der Waals surface area contributed by atoms with E-state index >= 15 is 0 Å². The van der Waals surface area contributed by atoms with Crippen molar-refractivity contribution in [3.63, 3.8) is 0 Å². The van der Waals surface area contributed by atoms with Crippen molar-refractivity contribution in [3.8, 4) is 0 Å². The number of aryl methyl sites for hydroxylation is 1. The van der Waals surface area contributed by atoms with Crippen LogP contribution >= 0.6 is 0 Å². The van der Waals surface area contributed by atoms with E-state index in [9.17, 15) is 9.18 Å². The van der Waals surface area contributed by atoms with E-state index in [1.54, 1.807) is 6.07 Å². The molecule has 0 bridgehead atoms. The minimum Gasteiger partial charge on any atom is -0.351 e. The molecule has 0 saturated heterocycles. The molecule has 2 N–H and O–H groups in total. The Kier molecular flexibility index (Phi) is 1.96. The molecule has 4 heteroatoms. The highest BCUT2D eigenvalue weighted by molar-refractivity contribution is 6.01. The molecule has 16 heavy (non-hydrogen) atoms. The molecule has 0 radical (unpaired) electrons. The molecule has 1 aliphatic rings. The molecule has 0 unspecified atom stereocenters. The van der Waals surface area contributed by atoms with E-state index in [2.05, 4.69) is 10.3 Å². The molecular weight excluding hydrogens is 207 g/mol. The van der Waals surface area contributed by atoms with Crippen molar-refractivity contribution in [3.05, 3.63) is 35.3 Å². The highest BCUT2D eigenvalue weighted by atomic mass is 19.1. The van der Waals surface area contributed by atoms with Gasteiger partial charge in [-0.1, -0.05) is 0 Å². The summed E-state index contributed by atoms with van der Waals surface area (Å²) in [6, 6.07) is 4.56. The number of halogens is 1. The van der Waals surface area contributed by atoms with E-state index in [0.29, 0.717) is 12.2 Å². The van der Waals surface area contributed by atoms with E-state index < -0.39 is 0 Å². The van der Waals surface area contributed by atoms with Gasteiger partial charge in [-0.15, -0.1) is 0 Å². The summed E-state index contributed by atoms with van der Waals surface area (Å²) in [5, 5.41) is 3.64.